The number of benzene rings is 3. The number of aliphatic hydroxyl groups is 1. The maximum atomic E-state index is 14.1. The molecule has 1 spiro atoms. The second-order valence-electron chi connectivity index (χ2n) is 20.7. The monoisotopic (exact) mass is 985 g/mol. The summed E-state index contributed by atoms with van der Waals surface area (Å²) in [6.45, 7) is 8.87. The highest BCUT2D eigenvalue weighted by Gasteiger charge is 2.50. The van der Waals surface area contributed by atoms with E-state index in [1.54, 1.807) is 19.1 Å². The van der Waals surface area contributed by atoms with Gasteiger partial charge in [-0.2, -0.15) is 13.2 Å². The number of rotatable bonds is 11. The Hall–Kier alpha value is -5.92. The van der Waals surface area contributed by atoms with E-state index >= 15 is 0 Å². The minimum absolute atomic E-state index is 0.0149. The standard InChI is InChI=1S/C51H58F3N7O8S/c1-30(2)36-7-4-5-8-37(36)42-9-6-18-60(42)33-25-50(26-33)16-19-59(20-17-50)32-10-11-38(44(21-32)69-34-22-39-40(51(52,53)54)28-56-47(39)55-27-34)48(62)58-70(66,67)35-23-43(61(64)65)46-45(24-35)68-29-41(57-46)31-12-14-49(3,63)15-13-31/h4-5,7-8,10-11,21-24,27-28,30-31,33,41-42,57,63H,6,9,12-20,25-26,29H2,1-3H3,(H,55,56)(H,58,62)/t31?,41-,42-,49?/m1/s1. The van der Waals surface area contributed by atoms with E-state index in [0.717, 1.165) is 63.0 Å². The van der Waals surface area contributed by atoms with Crippen molar-refractivity contribution < 1.29 is 45.9 Å². The predicted octanol–water partition coefficient (Wildman–Crippen LogP) is 10.2. The summed E-state index contributed by atoms with van der Waals surface area (Å²) >= 11 is 0. The molecule has 372 valence electrons. The lowest BCUT2D eigenvalue weighted by molar-refractivity contribution is -0.384. The maximum Gasteiger partial charge on any atom is 0.418 e. The van der Waals surface area contributed by atoms with Gasteiger partial charge in [0.1, 0.15) is 23.8 Å². The number of aromatic nitrogens is 2. The molecule has 5 aromatic rings. The van der Waals surface area contributed by atoms with Gasteiger partial charge in [-0.25, -0.2) is 18.1 Å². The fourth-order valence-electron chi connectivity index (χ4n) is 11.8. The van der Waals surface area contributed by atoms with Crippen molar-refractivity contribution >= 4 is 44.0 Å². The van der Waals surface area contributed by atoms with Crippen molar-refractivity contribution in [3.63, 3.8) is 0 Å². The Bertz CT molecular complexity index is 2940. The molecule has 10 rings (SSSR count). The van der Waals surface area contributed by atoms with Crippen molar-refractivity contribution in [1.82, 2.24) is 19.6 Å². The summed E-state index contributed by atoms with van der Waals surface area (Å²) in [7, 11) is -4.80. The summed E-state index contributed by atoms with van der Waals surface area (Å²) in [5.74, 6) is -0.987. The van der Waals surface area contributed by atoms with E-state index in [1.807, 2.05) is 4.72 Å². The van der Waals surface area contributed by atoms with E-state index in [4.69, 9.17) is 9.47 Å². The van der Waals surface area contributed by atoms with Crippen LogP contribution < -0.4 is 24.4 Å². The molecule has 70 heavy (non-hydrogen) atoms. The van der Waals surface area contributed by atoms with Crippen molar-refractivity contribution in [2.24, 2.45) is 11.3 Å². The molecule has 3 aliphatic heterocycles. The summed E-state index contributed by atoms with van der Waals surface area (Å²) in [6.07, 6.45) is 6.19. The zero-order valence-corrected chi connectivity index (χ0v) is 40.2. The number of pyridine rings is 1. The number of nitro groups is 1. The molecular formula is C51H58F3N7O8S. The highest BCUT2D eigenvalue weighted by atomic mass is 32.2. The van der Waals surface area contributed by atoms with Crippen molar-refractivity contribution in [2.75, 3.05) is 36.5 Å². The number of sulfonamides is 1. The number of fused-ring (bicyclic) bond motifs is 2. The van der Waals surface area contributed by atoms with Gasteiger partial charge in [-0.3, -0.25) is 19.8 Å². The number of likely N-dealkylation sites (tertiary alicyclic amines) is 1. The quantitative estimate of drug-likeness (QED) is 0.0724. The van der Waals surface area contributed by atoms with Gasteiger partial charge in [0.15, 0.2) is 11.4 Å². The average molecular weight is 986 g/mol. The maximum absolute atomic E-state index is 14.1. The molecule has 1 amide bonds. The minimum Gasteiger partial charge on any atom is -0.489 e. The van der Waals surface area contributed by atoms with E-state index in [2.05, 4.69) is 63.2 Å². The Morgan fingerprint density at radius 2 is 1.77 bits per heavy atom. The topological polar surface area (TPSA) is 192 Å². The Morgan fingerprint density at radius 3 is 2.49 bits per heavy atom. The third kappa shape index (κ3) is 9.27. The van der Waals surface area contributed by atoms with E-state index in [1.165, 1.54) is 29.8 Å². The number of nitro benzene ring substituents is 1. The molecule has 2 aromatic heterocycles. The highest BCUT2D eigenvalue weighted by molar-refractivity contribution is 7.90. The van der Waals surface area contributed by atoms with Gasteiger partial charge in [0.25, 0.3) is 21.6 Å². The van der Waals surface area contributed by atoms with Gasteiger partial charge < -0.3 is 29.8 Å². The highest BCUT2D eigenvalue weighted by Crippen LogP contribution is 2.54. The van der Waals surface area contributed by atoms with Crippen LogP contribution in [0.15, 0.2) is 78.0 Å². The van der Waals surface area contributed by atoms with Crippen LogP contribution >= 0.6 is 0 Å². The first-order valence-corrected chi connectivity index (χ1v) is 25.7. The fraction of sp³-hybridized carbons (Fsp3) is 0.490. The number of hydrogen-bond donors (Lipinski definition) is 4. The Balaban J connectivity index is 0.882. The SMILES string of the molecule is CC(C)c1ccccc1[C@H]1CCCN1C1CC2(CCN(c3ccc(C(=O)NS(=O)(=O)c4cc5c(c([N+](=O)[O-])c4)N[C@@H](C4CCC(C)(O)CC4)CO5)c(Oc4cnc5[nH]cc(C(F)(F)F)c5c4)c3)CC2)C1. The number of amides is 1. The molecular weight excluding hydrogens is 928 g/mol. The number of aromatic amines is 1. The van der Waals surface area contributed by atoms with Crippen LogP contribution in [0.5, 0.6) is 17.2 Å². The summed E-state index contributed by atoms with van der Waals surface area (Å²) in [5.41, 5.74) is 1.13. The third-order valence-electron chi connectivity index (χ3n) is 15.7. The largest absolute Gasteiger partial charge is 0.489 e. The van der Waals surface area contributed by atoms with Gasteiger partial charge in [0.05, 0.1) is 38.8 Å². The summed E-state index contributed by atoms with van der Waals surface area (Å²) in [4.78, 5) is 36.8. The van der Waals surface area contributed by atoms with Gasteiger partial charge >= 0.3 is 6.18 Å². The van der Waals surface area contributed by atoms with Gasteiger partial charge in [-0.05, 0) is 124 Å². The van der Waals surface area contributed by atoms with Crippen LogP contribution in [0.2, 0.25) is 0 Å². The molecule has 0 bridgehead atoms. The van der Waals surface area contributed by atoms with Crippen LogP contribution in [0, 0.1) is 21.4 Å². The lowest BCUT2D eigenvalue weighted by Crippen LogP contribution is -2.54. The fourth-order valence-corrected chi connectivity index (χ4v) is 12.8. The van der Waals surface area contributed by atoms with Gasteiger partial charge in [0.2, 0.25) is 0 Å². The zero-order chi connectivity index (χ0) is 49.3. The van der Waals surface area contributed by atoms with E-state index < -0.39 is 48.8 Å². The van der Waals surface area contributed by atoms with Crippen LogP contribution in [0.1, 0.15) is 124 Å². The first kappa shape index (κ1) is 47.7. The number of alkyl halides is 3. The first-order valence-electron chi connectivity index (χ1n) is 24.2. The molecule has 2 aliphatic carbocycles. The van der Waals surface area contributed by atoms with Crippen LogP contribution in [-0.4, -0.2) is 83.1 Å². The molecule has 0 radical (unpaired) electrons. The number of ether oxygens (including phenoxy) is 2. The number of carbonyl (C=O) groups is 1. The molecule has 15 nitrogen and oxygen atoms in total. The molecule has 4 fully saturated rings. The second kappa shape index (κ2) is 18.0. The van der Waals surface area contributed by atoms with Crippen LogP contribution in [-0.2, 0) is 16.2 Å². The van der Waals surface area contributed by atoms with E-state index in [0.29, 0.717) is 62.5 Å². The number of anilines is 2. The first-order chi connectivity index (χ1) is 33.3. The van der Waals surface area contributed by atoms with Crippen LogP contribution in [0.4, 0.5) is 30.2 Å². The number of hydrogen-bond acceptors (Lipinski definition) is 12. The Kier molecular flexibility index (Phi) is 12.3. The van der Waals surface area contributed by atoms with Crippen molar-refractivity contribution in [3.8, 4) is 17.2 Å². The van der Waals surface area contributed by atoms with E-state index in [-0.39, 0.29) is 63.5 Å². The van der Waals surface area contributed by atoms with Gasteiger partial charge in [0, 0.05) is 60.6 Å². The number of nitrogens with one attached hydrogen (secondary N) is 3. The molecule has 2 atom stereocenters. The molecule has 19 heteroatoms. The summed E-state index contributed by atoms with van der Waals surface area (Å²) < 4.78 is 84.0. The van der Waals surface area contributed by atoms with Crippen molar-refractivity contribution in [2.45, 2.75) is 126 Å². The van der Waals surface area contributed by atoms with Crippen molar-refractivity contribution in [1.29, 1.82) is 0 Å². The molecule has 0 unspecified atom stereocenters. The Morgan fingerprint density at radius 1 is 1.03 bits per heavy atom. The van der Waals surface area contributed by atoms with Gasteiger partial charge in [-0.1, -0.05) is 38.1 Å². The third-order valence-corrected chi connectivity index (χ3v) is 17.0. The Labute approximate surface area is 404 Å². The number of piperidine rings is 1. The summed E-state index contributed by atoms with van der Waals surface area (Å²) in [5, 5.41) is 25.8. The molecule has 5 aliphatic rings. The average Bonchev–Trinajstić information content (AvgIpc) is 3.98. The number of nitrogens with zero attached hydrogens (tertiary/aromatic N) is 4. The number of carbonyl (C=O) groups excluding carboxylic acids is 1. The normalized spacial score (nSPS) is 23.9. The predicted molar refractivity (Wildman–Crippen MR) is 257 cm³/mol. The van der Waals surface area contributed by atoms with Gasteiger partial charge in [-0.15, -0.1) is 0 Å². The lowest BCUT2D eigenvalue weighted by Gasteiger charge is -2.56. The minimum atomic E-state index is -4.80. The number of H-pyrrole nitrogens is 1. The van der Waals surface area contributed by atoms with Crippen molar-refractivity contribution in [3.05, 3.63) is 105 Å². The number of halogens is 3. The lowest BCUT2D eigenvalue weighted by atomic mass is 9.59. The second-order valence-corrected chi connectivity index (χ2v) is 22.4. The molecule has 5 heterocycles. The van der Waals surface area contributed by atoms with Crippen LogP contribution in [0.3, 0.4) is 0 Å². The molecule has 4 N–H and O–H groups in total. The molecule has 2 saturated carbocycles. The smallest absolute Gasteiger partial charge is 0.418 e. The van der Waals surface area contributed by atoms with Crippen LogP contribution in [0.25, 0.3) is 11.0 Å². The molecule has 3 aromatic carbocycles. The zero-order valence-electron chi connectivity index (χ0n) is 39.4. The summed E-state index contributed by atoms with van der Waals surface area (Å²) in [6, 6.07) is 17.2. The van der Waals surface area contributed by atoms with E-state index in [9.17, 15) is 41.6 Å². The molecule has 2 saturated heterocycles.